The number of nitrogens with one attached hydrogen (secondary N) is 1. The lowest BCUT2D eigenvalue weighted by Crippen LogP contribution is -2.17. The van der Waals surface area contributed by atoms with E-state index in [-0.39, 0.29) is 0 Å². The molecule has 200 valence electrons. The van der Waals surface area contributed by atoms with Gasteiger partial charge in [0, 0.05) is 19.0 Å². The Morgan fingerprint density at radius 3 is 1.03 bits per heavy atom. The van der Waals surface area contributed by atoms with Crippen LogP contribution in [-0.2, 0) is 37.9 Å². The Balaban J connectivity index is 2.99. The van der Waals surface area contributed by atoms with E-state index in [4.69, 9.17) is 49.5 Å². The molecule has 0 heterocycles. The number of ether oxygens (including phenoxy) is 8. The summed E-state index contributed by atoms with van der Waals surface area (Å²) in [6, 6.07) is 0. The smallest absolute Gasteiger partial charge is 0.0701 e. The van der Waals surface area contributed by atoms with Gasteiger partial charge in [0.25, 0.3) is 0 Å². The monoisotopic (exact) mass is 501 g/mol. The molecular formula is C23H48ClNO8. The maximum absolute atomic E-state index is 5.64. The minimum absolute atomic E-state index is 0.541. The minimum atomic E-state index is 0.541. The van der Waals surface area contributed by atoms with E-state index in [1.54, 1.807) is 0 Å². The van der Waals surface area contributed by atoms with Crippen LogP contribution in [-0.4, -0.2) is 125 Å². The number of likely N-dealkylation sites (N-methyl/N-ethyl adjacent to an activating group) is 1. The first-order chi connectivity index (χ1) is 16.4. The summed E-state index contributed by atoms with van der Waals surface area (Å²) in [5.74, 6) is 0.750. The summed E-state index contributed by atoms with van der Waals surface area (Å²) in [4.78, 5) is 0. The lowest BCUT2D eigenvalue weighted by molar-refractivity contribution is -0.0230. The van der Waals surface area contributed by atoms with Crippen LogP contribution < -0.4 is 5.32 Å². The van der Waals surface area contributed by atoms with E-state index >= 15 is 0 Å². The number of hydrogen-bond donors (Lipinski definition) is 1. The maximum Gasteiger partial charge on any atom is 0.0701 e. The van der Waals surface area contributed by atoms with Crippen molar-refractivity contribution in [1.29, 1.82) is 0 Å². The van der Waals surface area contributed by atoms with Crippen LogP contribution >= 0.6 is 11.6 Å². The van der Waals surface area contributed by atoms with Gasteiger partial charge in [0.05, 0.1) is 99.1 Å². The molecule has 0 aromatic rings. The van der Waals surface area contributed by atoms with Crippen LogP contribution in [0.15, 0.2) is 0 Å². The first-order valence-electron chi connectivity index (χ1n) is 12.2. The molecule has 0 fully saturated rings. The van der Waals surface area contributed by atoms with Crippen molar-refractivity contribution in [2.24, 2.45) is 0 Å². The summed E-state index contributed by atoms with van der Waals surface area (Å²) in [6.07, 6.45) is 4.53. The Labute approximate surface area is 206 Å². The highest BCUT2D eigenvalue weighted by molar-refractivity contribution is 6.17. The highest BCUT2D eigenvalue weighted by Crippen LogP contribution is 2.01. The molecule has 0 aromatic heterocycles. The Morgan fingerprint density at radius 1 is 0.394 bits per heavy atom. The molecule has 9 nitrogen and oxygen atoms in total. The number of unbranched alkanes of at least 4 members (excludes halogenated alkanes) is 3. The predicted octanol–water partition coefficient (Wildman–Crippen LogP) is 2.14. The standard InChI is InChI=1S/C23H48ClNO8/c1-25-7-9-27-11-13-29-15-17-31-19-21-33-23-22-32-20-18-30-16-14-28-12-10-26-8-5-3-2-4-6-24/h25H,2-23H2,1H3. The van der Waals surface area contributed by atoms with E-state index in [9.17, 15) is 0 Å². The van der Waals surface area contributed by atoms with Gasteiger partial charge in [-0.15, -0.1) is 11.6 Å². The van der Waals surface area contributed by atoms with Crippen molar-refractivity contribution in [3.05, 3.63) is 0 Å². The maximum atomic E-state index is 5.64. The van der Waals surface area contributed by atoms with Crippen LogP contribution in [0.25, 0.3) is 0 Å². The molecular weight excluding hydrogens is 454 g/mol. The molecule has 0 rings (SSSR count). The molecule has 0 saturated carbocycles. The number of halogens is 1. The third-order valence-electron chi connectivity index (χ3n) is 4.27. The van der Waals surface area contributed by atoms with Gasteiger partial charge in [-0.3, -0.25) is 0 Å². The van der Waals surface area contributed by atoms with E-state index in [0.29, 0.717) is 99.1 Å². The van der Waals surface area contributed by atoms with E-state index in [1.807, 2.05) is 7.05 Å². The molecule has 0 aliphatic carbocycles. The topological polar surface area (TPSA) is 85.9 Å². The summed E-state index contributed by atoms with van der Waals surface area (Å²) in [6.45, 7) is 10.3. The molecule has 0 aromatic carbocycles. The van der Waals surface area contributed by atoms with Crippen LogP contribution in [0.5, 0.6) is 0 Å². The predicted molar refractivity (Wildman–Crippen MR) is 130 cm³/mol. The van der Waals surface area contributed by atoms with E-state index in [2.05, 4.69) is 5.32 Å². The molecule has 0 aliphatic rings. The van der Waals surface area contributed by atoms with Gasteiger partial charge in [0.1, 0.15) is 0 Å². The van der Waals surface area contributed by atoms with Crippen molar-refractivity contribution in [2.75, 3.05) is 125 Å². The SMILES string of the molecule is CNCCOCCOCCOCCOCCOCCOCCOCCOCCCCCCCl. The Morgan fingerprint density at radius 2 is 0.697 bits per heavy atom. The summed E-state index contributed by atoms with van der Waals surface area (Å²) in [5, 5.41) is 3.02. The fourth-order valence-corrected chi connectivity index (χ4v) is 2.66. The summed E-state index contributed by atoms with van der Waals surface area (Å²) in [5.41, 5.74) is 0. The van der Waals surface area contributed by atoms with Gasteiger partial charge < -0.3 is 43.2 Å². The fraction of sp³-hybridized carbons (Fsp3) is 1.00. The van der Waals surface area contributed by atoms with Gasteiger partial charge in [-0.05, 0) is 19.9 Å². The first-order valence-corrected chi connectivity index (χ1v) is 12.8. The fourth-order valence-electron chi connectivity index (χ4n) is 2.47. The van der Waals surface area contributed by atoms with Crippen LogP contribution in [0.1, 0.15) is 25.7 Å². The lowest BCUT2D eigenvalue weighted by atomic mass is 10.2. The van der Waals surface area contributed by atoms with E-state index in [1.165, 1.54) is 12.8 Å². The summed E-state index contributed by atoms with van der Waals surface area (Å²) >= 11 is 5.64. The summed E-state index contributed by atoms with van der Waals surface area (Å²) < 4.78 is 43.5. The normalized spacial score (nSPS) is 11.5. The molecule has 0 radical (unpaired) electrons. The zero-order chi connectivity index (χ0) is 23.9. The third-order valence-corrected chi connectivity index (χ3v) is 4.54. The van der Waals surface area contributed by atoms with Gasteiger partial charge in [-0.2, -0.15) is 0 Å². The Kier molecular flexibility index (Phi) is 31.9. The van der Waals surface area contributed by atoms with Crippen molar-refractivity contribution in [3.63, 3.8) is 0 Å². The van der Waals surface area contributed by atoms with Crippen LogP contribution in [0.2, 0.25) is 0 Å². The third kappa shape index (κ3) is 31.9. The quantitative estimate of drug-likeness (QED) is 0.117. The zero-order valence-electron chi connectivity index (χ0n) is 20.7. The highest BCUT2D eigenvalue weighted by atomic mass is 35.5. The molecule has 0 bridgehead atoms. The van der Waals surface area contributed by atoms with Crippen molar-refractivity contribution in [1.82, 2.24) is 5.32 Å². The van der Waals surface area contributed by atoms with E-state index in [0.717, 1.165) is 31.9 Å². The van der Waals surface area contributed by atoms with Crippen LogP contribution in [0.4, 0.5) is 0 Å². The van der Waals surface area contributed by atoms with Gasteiger partial charge in [0.2, 0.25) is 0 Å². The average molecular weight is 502 g/mol. The van der Waals surface area contributed by atoms with Crippen molar-refractivity contribution >= 4 is 11.6 Å². The van der Waals surface area contributed by atoms with Gasteiger partial charge >= 0.3 is 0 Å². The second kappa shape index (κ2) is 31.9. The van der Waals surface area contributed by atoms with Gasteiger partial charge in [0.15, 0.2) is 0 Å². The van der Waals surface area contributed by atoms with Gasteiger partial charge in [-0.25, -0.2) is 0 Å². The molecule has 0 amide bonds. The number of rotatable bonds is 30. The molecule has 1 N–H and O–H groups in total. The number of hydrogen-bond acceptors (Lipinski definition) is 9. The van der Waals surface area contributed by atoms with Crippen molar-refractivity contribution < 1.29 is 37.9 Å². The van der Waals surface area contributed by atoms with Crippen LogP contribution in [0.3, 0.4) is 0 Å². The second-order valence-electron chi connectivity index (χ2n) is 7.11. The lowest BCUT2D eigenvalue weighted by Gasteiger charge is -2.08. The Hall–Kier alpha value is -0.0700. The molecule has 0 saturated heterocycles. The molecule has 33 heavy (non-hydrogen) atoms. The molecule has 0 atom stereocenters. The molecule has 0 spiro atoms. The van der Waals surface area contributed by atoms with E-state index < -0.39 is 0 Å². The molecule has 0 aliphatic heterocycles. The molecule has 0 unspecified atom stereocenters. The van der Waals surface area contributed by atoms with Crippen molar-refractivity contribution in [2.45, 2.75) is 25.7 Å². The Bertz CT molecular complexity index is 316. The van der Waals surface area contributed by atoms with Gasteiger partial charge in [-0.1, -0.05) is 12.8 Å². The largest absolute Gasteiger partial charge is 0.379 e. The van der Waals surface area contributed by atoms with Crippen LogP contribution in [0, 0.1) is 0 Å². The second-order valence-corrected chi connectivity index (χ2v) is 7.48. The minimum Gasteiger partial charge on any atom is -0.379 e. The summed E-state index contributed by atoms with van der Waals surface area (Å²) in [7, 11) is 1.90. The average Bonchev–Trinajstić information content (AvgIpc) is 2.83. The molecule has 10 heteroatoms. The zero-order valence-corrected chi connectivity index (χ0v) is 21.5. The number of alkyl halides is 1. The van der Waals surface area contributed by atoms with Crippen molar-refractivity contribution in [3.8, 4) is 0 Å². The first kappa shape index (κ1) is 32.9. The highest BCUT2D eigenvalue weighted by Gasteiger charge is 1.95.